The van der Waals surface area contributed by atoms with Crippen molar-refractivity contribution in [2.75, 3.05) is 6.54 Å². The van der Waals surface area contributed by atoms with Crippen LogP contribution in [0, 0.1) is 11.8 Å². The lowest BCUT2D eigenvalue weighted by Gasteiger charge is -2.32. The van der Waals surface area contributed by atoms with Gasteiger partial charge in [-0.1, -0.05) is 33.1 Å². The fourth-order valence-electron chi connectivity index (χ4n) is 3.88. The molecule has 2 rings (SSSR count). The van der Waals surface area contributed by atoms with Crippen LogP contribution in [0.2, 0.25) is 0 Å². The Kier molecular flexibility index (Phi) is 5.68. The SMILES string of the molecule is CC1CC(C)CC(NCC(=O)NC2CCCCC2)C1. The van der Waals surface area contributed by atoms with E-state index < -0.39 is 0 Å². The van der Waals surface area contributed by atoms with Crippen molar-refractivity contribution < 1.29 is 4.79 Å². The topological polar surface area (TPSA) is 41.1 Å². The van der Waals surface area contributed by atoms with Crippen molar-refractivity contribution in [3.05, 3.63) is 0 Å². The van der Waals surface area contributed by atoms with E-state index in [0.717, 1.165) is 11.8 Å². The summed E-state index contributed by atoms with van der Waals surface area (Å²) in [6, 6.07) is 0.975. The molecule has 0 bridgehead atoms. The second-order valence-corrected chi connectivity index (χ2v) is 6.90. The van der Waals surface area contributed by atoms with E-state index in [1.54, 1.807) is 0 Å². The van der Waals surface area contributed by atoms with E-state index in [1.165, 1.54) is 51.4 Å². The van der Waals surface area contributed by atoms with Crippen molar-refractivity contribution in [2.45, 2.75) is 77.3 Å². The Balaban J connectivity index is 1.65. The number of hydrogen-bond acceptors (Lipinski definition) is 2. The summed E-state index contributed by atoms with van der Waals surface area (Å²) in [7, 11) is 0. The summed E-state index contributed by atoms with van der Waals surface area (Å²) >= 11 is 0. The van der Waals surface area contributed by atoms with Crippen LogP contribution in [-0.4, -0.2) is 24.5 Å². The number of amides is 1. The molecule has 0 radical (unpaired) electrons. The first kappa shape index (κ1) is 14.8. The molecule has 2 unspecified atom stereocenters. The minimum atomic E-state index is 0.192. The summed E-state index contributed by atoms with van der Waals surface area (Å²) in [5.41, 5.74) is 0. The Labute approximate surface area is 117 Å². The molecule has 110 valence electrons. The zero-order valence-corrected chi connectivity index (χ0v) is 12.6. The molecule has 2 atom stereocenters. The van der Waals surface area contributed by atoms with Crippen LogP contribution in [0.4, 0.5) is 0 Å². The average Bonchev–Trinajstić information content (AvgIpc) is 2.36. The largest absolute Gasteiger partial charge is 0.352 e. The molecule has 0 spiro atoms. The molecular formula is C16H30N2O. The number of rotatable bonds is 4. The fraction of sp³-hybridized carbons (Fsp3) is 0.938. The van der Waals surface area contributed by atoms with Gasteiger partial charge in [-0.3, -0.25) is 4.79 Å². The molecule has 2 fully saturated rings. The highest BCUT2D eigenvalue weighted by molar-refractivity contribution is 5.78. The first-order valence-corrected chi connectivity index (χ1v) is 8.16. The van der Waals surface area contributed by atoms with Crippen LogP contribution in [0.1, 0.15) is 65.2 Å². The van der Waals surface area contributed by atoms with Crippen molar-refractivity contribution in [3.8, 4) is 0 Å². The third kappa shape index (κ3) is 5.13. The van der Waals surface area contributed by atoms with E-state index in [0.29, 0.717) is 18.6 Å². The minimum Gasteiger partial charge on any atom is -0.352 e. The molecule has 0 aromatic carbocycles. The van der Waals surface area contributed by atoms with Crippen LogP contribution in [-0.2, 0) is 4.79 Å². The molecule has 0 heterocycles. The van der Waals surface area contributed by atoms with Crippen molar-refractivity contribution in [1.29, 1.82) is 0 Å². The van der Waals surface area contributed by atoms with E-state index in [2.05, 4.69) is 24.5 Å². The maximum absolute atomic E-state index is 11.9. The van der Waals surface area contributed by atoms with Crippen LogP contribution in [0.15, 0.2) is 0 Å². The van der Waals surface area contributed by atoms with Gasteiger partial charge in [0.1, 0.15) is 0 Å². The number of carbonyl (C=O) groups excluding carboxylic acids is 1. The van der Waals surface area contributed by atoms with Gasteiger partial charge < -0.3 is 10.6 Å². The van der Waals surface area contributed by atoms with E-state index in [9.17, 15) is 4.79 Å². The van der Waals surface area contributed by atoms with Crippen LogP contribution < -0.4 is 10.6 Å². The minimum absolute atomic E-state index is 0.192. The zero-order chi connectivity index (χ0) is 13.7. The molecule has 0 aromatic rings. The Bertz CT molecular complexity index is 276. The summed E-state index contributed by atoms with van der Waals surface area (Å²) in [6.07, 6.45) is 10.0. The maximum atomic E-state index is 11.9. The van der Waals surface area contributed by atoms with Gasteiger partial charge in [-0.2, -0.15) is 0 Å². The average molecular weight is 266 g/mol. The first-order chi connectivity index (χ1) is 9.13. The molecule has 0 aliphatic heterocycles. The number of nitrogens with one attached hydrogen (secondary N) is 2. The van der Waals surface area contributed by atoms with E-state index in [4.69, 9.17) is 0 Å². The highest BCUT2D eigenvalue weighted by Crippen LogP contribution is 2.28. The summed E-state index contributed by atoms with van der Waals surface area (Å²) in [4.78, 5) is 11.9. The highest BCUT2D eigenvalue weighted by Gasteiger charge is 2.24. The van der Waals surface area contributed by atoms with Crippen LogP contribution >= 0.6 is 0 Å². The molecule has 3 nitrogen and oxygen atoms in total. The van der Waals surface area contributed by atoms with Gasteiger partial charge in [0, 0.05) is 12.1 Å². The van der Waals surface area contributed by atoms with Gasteiger partial charge in [0.2, 0.25) is 5.91 Å². The van der Waals surface area contributed by atoms with Crippen molar-refractivity contribution >= 4 is 5.91 Å². The zero-order valence-electron chi connectivity index (χ0n) is 12.6. The predicted molar refractivity (Wildman–Crippen MR) is 79.0 cm³/mol. The lowest BCUT2D eigenvalue weighted by atomic mass is 9.80. The summed E-state index contributed by atoms with van der Waals surface area (Å²) in [5, 5.41) is 6.64. The van der Waals surface area contributed by atoms with Gasteiger partial charge in [0.05, 0.1) is 6.54 Å². The summed E-state index contributed by atoms with van der Waals surface area (Å²) < 4.78 is 0. The lowest BCUT2D eigenvalue weighted by molar-refractivity contribution is -0.121. The van der Waals surface area contributed by atoms with Crippen LogP contribution in [0.25, 0.3) is 0 Å². The fourth-order valence-corrected chi connectivity index (χ4v) is 3.88. The molecular weight excluding hydrogens is 236 g/mol. The van der Waals surface area contributed by atoms with Gasteiger partial charge in [0.25, 0.3) is 0 Å². The third-order valence-corrected chi connectivity index (χ3v) is 4.70. The molecule has 0 aromatic heterocycles. The standard InChI is InChI=1S/C16H30N2O/c1-12-8-13(2)10-15(9-12)17-11-16(19)18-14-6-4-3-5-7-14/h12-15,17H,3-11H2,1-2H3,(H,18,19). The van der Waals surface area contributed by atoms with Crippen molar-refractivity contribution in [2.24, 2.45) is 11.8 Å². The molecule has 3 heteroatoms. The molecule has 0 saturated heterocycles. The third-order valence-electron chi connectivity index (χ3n) is 4.70. The molecule has 2 aliphatic carbocycles. The van der Waals surface area contributed by atoms with Gasteiger partial charge in [0.15, 0.2) is 0 Å². The smallest absolute Gasteiger partial charge is 0.234 e. The Morgan fingerprint density at radius 2 is 1.58 bits per heavy atom. The van der Waals surface area contributed by atoms with Gasteiger partial charge >= 0.3 is 0 Å². The van der Waals surface area contributed by atoms with Crippen LogP contribution in [0.3, 0.4) is 0 Å². The second kappa shape index (κ2) is 7.28. The molecule has 2 N–H and O–H groups in total. The Morgan fingerprint density at radius 3 is 2.21 bits per heavy atom. The highest BCUT2D eigenvalue weighted by atomic mass is 16.1. The monoisotopic (exact) mass is 266 g/mol. The van der Waals surface area contributed by atoms with E-state index in [1.807, 2.05) is 0 Å². The van der Waals surface area contributed by atoms with Gasteiger partial charge in [-0.05, 0) is 43.9 Å². The van der Waals surface area contributed by atoms with Crippen molar-refractivity contribution in [1.82, 2.24) is 10.6 Å². The van der Waals surface area contributed by atoms with E-state index >= 15 is 0 Å². The quantitative estimate of drug-likeness (QED) is 0.821. The number of hydrogen-bond donors (Lipinski definition) is 2. The summed E-state index contributed by atoms with van der Waals surface area (Å²) in [6.45, 7) is 5.15. The molecule has 19 heavy (non-hydrogen) atoms. The van der Waals surface area contributed by atoms with E-state index in [-0.39, 0.29) is 5.91 Å². The lowest BCUT2D eigenvalue weighted by Crippen LogP contribution is -2.45. The summed E-state index contributed by atoms with van der Waals surface area (Å²) in [5.74, 6) is 1.78. The predicted octanol–water partition coefficient (Wildman–Crippen LogP) is 2.85. The number of carbonyl (C=O) groups is 1. The van der Waals surface area contributed by atoms with Crippen LogP contribution in [0.5, 0.6) is 0 Å². The first-order valence-electron chi connectivity index (χ1n) is 8.16. The van der Waals surface area contributed by atoms with Gasteiger partial charge in [-0.25, -0.2) is 0 Å². The Hall–Kier alpha value is -0.570. The van der Waals surface area contributed by atoms with Crippen molar-refractivity contribution in [3.63, 3.8) is 0 Å². The normalized spacial score (nSPS) is 33.1. The molecule has 1 amide bonds. The molecule has 2 saturated carbocycles. The molecule has 2 aliphatic rings. The Morgan fingerprint density at radius 1 is 0.947 bits per heavy atom. The maximum Gasteiger partial charge on any atom is 0.234 e. The second-order valence-electron chi connectivity index (χ2n) is 6.90. The van der Waals surface area contributed by atoms with Gasteiger partial charge in [-0.15, -0.1) is 0 Å².